The number of aliphatic hydroxyl groups excluding tert-OH is 1. The molecular formula is C88H140N16O22. The lowest BCUT2D eigenvalue weighted by molar-refractivity contribution is -0.197. The number of hydrogen-bond acceptors (Lipinski definition) is 31. The van der Waals surface area contributed by atoms with Crippen LogP contribution in [0.1, 0.15) is 149 Å². The van der Waals surface area contributed by atoms with E-state index in [9.17, 15) is 63.3 Å². The van der Waals surface area contributed by atoms with Crippen molar-refractivity contribution in [1.82, 2.24) is 49.2 Å². The van der Waals surface area contributed by atoms with Crippen molar-refractivity contribution >= 4 is 59.4 Å². The molecular weight excluding hydrogens is 1630 g/mol. The zero-order chi connectivity index (χ0) is 93.3. The minimum absolute atomic E-state index is 0.00322. The number of imide groups is 1. The summed E-state index contributed by atoms with van der Waals surface area (Å²) < 4.78 is 38.3. The van der Waals surface area contributed by atoms with Crippen molar-refractivity contribution in [3.63, 3.8) is 0 Å². The molecule has 4 aliphatic rings. The molecule has 0 unspecified atom stereocenters. The third-order valence-corrected chi connectivity index (χ3v) is 19.1. The number of ether oxygens (including phenoxy) is 7. The number of benzene rings is 3. The Bertz CT molecular complexity index is 3800. The highest BCUT2D eigenvalue weighted by molar-refractivity contribution is 6.01. The molecule has 7 rings (SSSR count). The van der Waals surface area contributed by atoms with Gasteiger partial charge in [-0.15, -0.1) is 5.06 Å². The molecule has 704 valence electrons. The third kappa shape index (κ3) is 52.8. The number of nitrogens with zero attached hydrogens (tertiary/aromatic N) is 16. The Hall–Kier alpha value is -9.18. The summed E-state index contributed by atoms with van der Waals surface area (Å²) in [5.41, 5.74) is 19.1. The maximum atomic E-state index is 12.6. The SMILES string of the molecule is CC(C)(C)OC(=O)CN1CCN(CC(=O)OC(C)(C)C)CCN(Cc2ccc(CC(=O)O)cc2)CC1.CC(C)(C)OC(=O)CN1CCN(CC(=O)OC(C)(C)C)CCN(Cc2ccc(CC(=O)ON3C(=O)CCC3=O)cc2)CC1.CCN=[N+]=[N-].[N-]=[N+]=NCCOCCOCCOCCCC(=O)Cc1ccc(CN2CCN(CC(=O)O)CCN(CC(O)O)CC2)cc1. The van der Waals surface area contributed by atoms with Gasteiger partial charge in [0.1, 0.15) is 28.2 Å². The summed E-state index contributed by atoms with van der Waals surface area (Å²) in [6.45, 7) is 42.1. The number of carboxylic acid groups (broad SMARTS) is 2. The highest BCUT2D eigenvalue weighted by Gasteiger charge is 2.34. The number of rotatable bonds is 39. The van der Waals surface area contributed by atoms with E-state index >= 15 is 0 Å². The molecule has 0 aliphatic carbocycles. The van der Waals surface area contributed by atoms with Crippen molar-refractivity contribution < 1.29 is 106 Å². The molecule has 126 heavy (non-hydrogen) atoms. The molecule has 38 nitrogen and oxygen atoms in total. The minimum Gasteiger partial charge on any atom is -0.481 e. The van der Waals surface area contributed by atoms with Crippen LogP contribution < -0.4 is 0 Å². The molecule has 0 bridgehead atoms. The predicted octanol–water partition coefficient (Wildman–Crippen LogP) is 6.43. The Labute approximate surface area is 742 Å². The number of hydroxylamine groups is 2. The fraction of sp³-hybridized carbons (Fsp3) is 0.682. The third-order valence-electron chi connectivity index (χ3n) is 19.1. The van der Waals surface area contributed by atoms with Crippen molar-refractivity contribution in [2.45, 2.75) is 183 Å². The van der Waals surface area contributed by atoms with Crippen LogP contribution in [0, 0.1) is 0 Å². The molecule has 2 amide bonds. The normalized spacial score (nSPS) is 16.5. The van der Waals surface area contributed by atoms with Crippen molar-refractivity contribution in [2.75, 3.05) is 210 Å². The van der Waals surface area contributed by atoms with Gasteiger partial charge in [-0.1, -0.05) is 89.9 Å². The van der Waals surface area contributed by atoms with Crippen molar-refractivity contribution in [2.24, 2.45) is 10.2 Å². The van der Waals surface area contributed by atoms with E-state index in [2.05, 4.69) is 54.4 Å². The maximum absolute atomic E-state index is 12.6. The van der Waals surface area contributed by atoms with Crippen LogP contribution in [0.25, 0.3) is 20.9 Å². The van der Waals surface area contributed by atoms with Crippen LogP contribution in [0.15, 0.2) is 83.0 Å². The van der Waals surface area contributed by atoms with Gasteiger partial charge in [-0.2, -0.15) is 0 Å². The zero-order valence-corrected chi connectivity index (χ0v) is 76.5. The summed E-state index contributed by atoms with van der Waals surface area (Å²) in [5.74, 6) is -4.36. The first-order valence-corrected chi connectivity index (χ1v) is 43.3. The highest BCUT2D eigenvalue weighted by Crippen LogP contribution is 2.20. The van der Waals surface area contributed by atoms with E-state index in [-0.39, 0.29) is 94.6 Å². The average Bonchev–Trinajstić information content (AvgIpc) is 1.69. The number of hydrogen-bond donors (Lipinski definition) is 4. The van der Waals surface area contributed by atoms with Crippen LogP contribution in [-0.2, 0) is 125 Å². The molecule has 3 aromatic carbocycles. The Morgan fingerprint density at radius 1 is 0.381 bits per heavy atom. The monoisotopic (exact) mass is 1770 g/mol. The first-order valence-electron chi connectivity index (χ1n) is 43.3. The molecule has 4 aliphatic heterocycles. The number of carbonyl (C=O) groups is 10. The second kappa shape index (κ2) is 58.3. The summed E-state index contributed by atoms with van der Waals surface area (Å²) in [7, 11) is 0. The average molecular weight is 1770 g/mol. The fourth-order valence-corrected chi connectivity index (χ4v) is 13.3. The number of azide groups is 2. The van der Waals surface area contributed by atoms with Crippen LogP contribution >= 0.6 is 0 Å². The van der Waals surface area contributed by atoms with Crippen molar-refractivity contribution in [3.05, 3.63) is 127 Å². The van der Waals surface area contributed by atoms with Crippen molar-refractivity contribution in [1.29, 1.82) is 0 Å². The standard InChI is InChI=1S/C31H46N4O8.C28H46N6O8.C27H43N3O6.C2H5N3/c1-30(2,3)41-28(39)21-33-15-13-32(14-16-34(18-17-33)22-29(40)42-31(4,5)6)20-24-9-7-23(8-10-24)19-27(38)43-35-25(36)11-12-26(35)37;29-31-30-7-15-41-17-19-42-18-16-40-14-1-2-26(35)20-24-3-5-25(6-4-24)21-32-8-10-33(22-27(36)37)12-13-34(11-9-32)23-28(38)39;1-26(2,3)35-24(33)19-29-13-11-28(18-22-9-7-21(8-10-22)17-23(31)32)12-14-30(16-15-29)20-25(34)36-27(4,5)6;1-2-4-5-3/h7-10H,11-22H2,1-6H3;3-6,27,36-37H,1-2,7-23H2,(H,38,39);7-10H,11-20H2,1-6H3,(H,31,32);2H2,1H3. The lowest BCUT2D eigenvalue weighted by Gasteiger charge is -2.27. The van der Waals surface area contributed by atoms with Gasteiger partial charge in [0, 0.05) is 199 Å². The topological polar surface area (TPSA) is 455 Å². The van der Waals surface area contributed by atoms with Gasteiger partial charge in [0.15, 0.2) is 6.29 Å². The number of aliphatic hydroxyl groups is 2. The zero-order valence-electron chi connectivity index (χ0n) is 76.5. The number of carboxylic acids is 2. The molecule has 0 radical (unpaired) electrons. The summed E-state index contributed by atoms with van der Waals surface area (Å²) in [4.78, 5) is 150. The number of ketones is 1. The second-order valence-electron chi connectivity index (χ2n) is 35.1. The Kier molecular flexibility index (Phi) is 50.5. The molecule has 4 heterocycles. The summed E-state index contributed by atoms with van der Waals surface area (Å²) in [6, 6.07) is 23.1. The smallest absolute Gasteiger partial charge is 0.337 e. The first kappa shape index (κ1) is 109. The van der Waals surface area contributed by atoms with E-state index in [0.29, 0.717) is 200 Å². The number of carbonyl (C=O) groups excluding carboxylic acids is 8. The predicted molar refractivity (Wildman–Crippen MR) is 469 cm³/mol. The van der Waals surface area contributed by atoms with E-state index in [0.717, 1.165) is 47.5 Å². The van der Waals surface area contributed by atoms with Crippen LogP contribution in [0.3, 0.4) is 0 Å². The summed E-state index contributed by atoms with van der Waals surface area (Å²) in [6.07, 6.45) is 0.0662. The number of Topliss-reactive ketones (excluding diaryl/α,β-unsaturated/α-hetero) is 1. The number of aliphatic carboxylic acids is 2. The van der Waals surface area contributed by atoms with Gasteiger partial charge in [0.25, 0.3) is 11.8 Å². The van der Waals surface area contributed by atoms with E-state index < -0.39 is 58.4 Å². The summed E-state index contributed by atoms with van der Waals surface area (Å²) in [5, 5.41) is 44.2. The van der Waals surface area contributed by atoms with Gasteiger partial charge >= 0.3 is 41.8 Å². The van der Waals surface area contributed by atoms with Gasteiger partial charge in [-0.05, 0) is 134 Å². The van der Waals surface area contributed by atoms with Gasteiger partial charge in [-0.3, -0.25) is 87.3 Å². The Morgan fingerprint density at radius 2 is 0.675 bits per heavy atom. The van der Waals surface area contributed by atoms with E-state index in [4.69, 9.17) is 54.2 Å². The minimum atomic E-state index is -1.44. The molecule has 0 atom stereocenters. The van der Waals surface area contributed by atoms with Crippen molar-refractivity contribution in [3.8, 4) is 0 Å². The lowest BCUT2D eigenvalue weighted by Crippen LogP contribution is -2.42. The molecule has 0 saturated carbocycles. The molecule has 0 spiro atoms. The molecule has 0 aromatic heterocycles. The number of esters is 4. The van der Waals surface area contributed by atoms with Crippen LogP contribution in [0.4, 0.5) is 0 Å². The van der Waals surface area contributed by atoms with E-state index in [1.807, 2.05) is 166 Å². The van der Waals surface area contributed by atoms with Gasteiger partial charge in [0.2, 0.25) is 0 Å². The van der Waals surface area contributed by atoms with Crippen LogP contribution in [0.5, 0.6) is 0 Å². The van der Waals surface area contributed by atoms with Gasteiger partial charge < -0.3 is 58.4 Å². The van der Waals surface area contributed by atoms with Crippen LogP contribution in [-0.4, -0.2) is 367 Å². The van der Waals surface area contributed by atoms with Gasteiger partial charge in [-0.25, -0.2) is 4.79 Å². The molecule has 4 fully saturated rings. The number of β-amino-alcohol motifs (C(OH)–C–C–N with tert-alkyl or cyclic N) is 2. The highest BCUT2D eigenvalue weighted by atomic mass is 16.7. The molecule has 4 N–H and O–H groups in total. The van der Waals surface area contributed by atoms with E-state index in [1.165, 1.54) is 0 Å². The second-order valence-corrected chi connectivity index (χ2v) is 35.1. The first-order chi connectivity index (χ1) is 59.5. The summed E-state index contributed by atoms with van der Waals surface area (Å²) >= 11 is 0. The largest absolute Gasteiger partial charge is 0.481 e. The Morgan fingerprint density at radius 3 is 0.976 bits per heavy atom. The number of amides is 2. The fourth-order valence-electron chi connectivity index (χ4n) is 13.3. The van der Waals surface area contributed by atoms with E-state index in [1.54, 1.807) is 6.92 Å². The van der Waals surface area contributed by atoms with Crippen LogP contribution in [0.2, 0.25) is 0 Å². The lowest BCUT2D eigenvalue weighted by atomic mass is 10.0. The molecule has 4 saturated heterocycles. The molecule has 3 aromatic rings. The molecule has 38 heteroatoms. The quantitative estimate of drug-likeness (QED) is 0.00698. The maximum Gasteiger partial charge on any atom is 0.337 e. The Balaban J connectivity index is 0.000000387. The van der Waals surface area contributed by atoms with Gasteiger partial charge in [0.05, 0.1) is 78.6 Å².